The van der Waals surface area contributed by atoms with Crippen LogP contribution in [-0.4, -0.2) is 41.9 Å². The van der Waals surface area contributed by atoms with Crippen molar-refractivity contribution in [2.75, 3.05) is 14.2 Å². The molecule has 2 aliphatic rings. The van der Waals surface area contributed by atoms with E-state index in [9.17, 15) is 18.8 Å². The Hall–Kier alpha value is -3.95. The maximum atomic E-state index is 13.3. The van der Waals surface area contributed by atoms with Gasteiger partial charge in [-0.05, 0) is 23.8 Å². The Morgan fingerprint density at radius 3 is 2.70 bits per heavy atom. The Balaban J connectivity index is 0.000000151. The van der Waals surface area contributed by atoms with Crippen LogP contribution in [0.4, 0.5) is 9.18 Å². The third-order valence-corrected chi connectivity index (χ3v) is 4.76. The maximum absolute atomic E-state index is 13.3. The minimum Gasteiger partial charge on any atom is -0.497 e. The number of hydrogen-bond donors (Lipinski definition) is 2. The summed E-state index contributed by atoms with van der Waals surface area (Å²) in [6.45, 7) is 0.707. The van der Waals surface area contributed by atoms with E-state index in [0.717, 1.165) is 23.1 Å². The van der Waals surface area contributed by atoms with Gasteiger partial charge in [0.2, 0.25) is 0 Å². The first kappa shape index (κ1) is 19.4. The molecule has 1 aromatic carbocycles. The number of nitrogens with zero attached hydrogens (tertiary/aromatic N) is 2. The molecule has 154 valence electrons. The van der Waals surface area contributed by atoms with E-state index in [1.807, 2.05) is 12.1 Å². The summed E-state index contributed by atoms with van der Waals surface area (Å²) in [6, 6.07) is 5.57. The highest BCUT2D eigenvalue weighted by Gasteiger charge is 2.33. The fourth-order valence-electron chi connectivity index (χ4n) is 3.26. The molecule has 3 aromatic rings. The van der Waals surface area contributed by atoms with Crippen LogP contribution in [0.25, 0.3) is 11.0 Å². The van der Waals surface area contributed by atoms with E-state index in [-0.39, 0.29) is 17.3 Å². The number of fused-ring (bicyclic) bond motifs is 2. The molecular weight excluding hydrogens is 395 g/mol. The van der Waals surface area contributed by atoms with Gasteiger partial charge < -0.3 is 19.4 Å². The van der Waals surface area contributed by atoms with Crippen LogP contribution < -0.4 is 15.4 Å². The van der Waals surface area contributed by atoms with Crippen LogP contribution in [0.5, 0.6) is 5.75 Å². The van der Waals surface area contributed by atoms with Gasteiger partial charge in [0.05, 0.1) is 13.3 Å². The SMILES string of the molecule is COc1ccc2c(c1)C(=O)N(C)C2.O=C1NC(=O)C(c2cc3cncc(F)c3o2)N1. The van der Waals surface area contributed by atoms with E-state index in [2.05, 4.69) is 15.6 Å². The molecule has 1 atom stereocenters. The first-order valence-corrected chi connectivity index (χ1v) is 8.94. The summed E-state index contributed by atoms with van der Waals surface area (Å²) in [5, 5.41) is 4.87. The molecule has 0 radical (unpaired) electrons. The second-order valence-corrected chi connectivity index (χ2v) is 6.77. The van der Waals surface area contributed by atoms with Crippen molar-refractivity contribution in [2.24, 2.45) is 0 Å². The quantitative estimate of drug-likeness (QED) is 0.624. The molecule has 4 amide bonds. The Bertz CT molecular complexity index is 1180. The summed E-state index contributed by atoms with van der Waals surface area (Å²) in [7, 11) is 3.40. The van der Waals surface area contributed by atoms with Gasteiger partial charge in [-0.1, -0.05) is 6.07 Å². The minimum absolute atomic E-state index is 0.0175. The molecule has 2 aliphatic heterocycles. The first-order valence-electron chi connectivity index (χ1n) is 8.94. The summed E-state index contributed by atoms with van der Waals surface area (Å²) in [4.78, 5) is 39.2. The number of furan rings is 1. The zero-order chi connectivity index (χ0) is 21.4. The lowest BCUT2D eigenvalue weighted by Crippen LogP contribution is -2.22. The molecule has 1 unspecified atom stereocenters. The molecule has 0 aliphatic carbocycles. The van der Waals surface area contributed by atoms with Crippen molar-refractivity contribution in [3.8, 4) is 5.75 Å². The lowest BCUT2D eigenvalue weighted by molar-refractivity contribution is -0.120. The van der Waals surface area contributed by atoms with Crippen LogP contribution in [0, 0.1) is 5.82 Å². The summed E-state index contributed by atoms with van der Waals surface area (Å²) < 4.78 is 23.6. The maximum Gasteiger partial charge on any atom is 0.322 e. The molecule has 0 saturated carbocycles. The monoisotopic (exact) mass is 412 g/mol. The van der Waals surface area contributed by atoms with E-state index >= 15 is 0 Å². The average Bonchev–Trinajstić information content (AvgIpc) is 3.38. The molecule has 10 heteroatoms. The van der Waals surface area contributed by atoms with Crippen LogP contribution in [-0.2, 0) is 11.3 Å². The number of nitrogens with one attached hydrogen (secondary N) is 2. The first-order chi connectivity index (χ1) is 14.4. The number of ether oxygens (including phenoxy) is 1. The molecule has 9 nitrogen and oxygen atoms in total. The van der Waals surface area contributed by atoms with E-state index < -0.39 is 23.8 Å². The van der Waals surface area contributed by atoms with Crippen LogP contribution in [0.15, 0.2) is 41.1 Å². The van der Waals surface area contributed by atoms with Gasteiger partial charge in [-0.2, -0.15) is 0 Å². The number of halogens is 1. The lowest BCUT2D eigenvalue weighted by atomic mass is 10.1. The standard InChI is InChI=1S/C10H6FN3O3.C10H11NO2/c11-5-3-12-2-4-1-6(17-8(4)5)7-9(15)14-10(16)13-7;1-11-6-7-3-4-8(13-2)5-9(7)10(11)12/h1-3,7H,(H2,13,14,15,16);3-5H,6H2,1-2H3. The predicted octanol–water partition coefficient (Wildman–Crippen LogP) is 2.13. The number of carbonyl (C=O) groups is 3. The van der Waals surface area contributed by atoms with Crippen LogP contribution in [0.2, 0.25) is 0 Å². The number of rotatable bonds is 2. The Labute approximate surface area is 169 Å². The van der Waals surface area contributed by atoms with Crippen LogP contribution in [0.3, 0.4) is 0 Å². The smallest absolute Gasteiger partial charge is 0.322 e. The van der Waals surface area contributed by atoms with Crippen molar-refractivity contribution >= 4 is 28.8 Å². The third-order valence-electron chi connectivity index (χ3n) is 4.76. The normalized spacial score (nSPS) is 17.4. The zero-order valence-corrected chi connectivity index (χ0v) is 16.1. The molecule has 30 heavy (non-hydrogen) atoms. The number of amides is 4. The van der Waals surface area contributed by atoms with Crippen LogP contribution in [0.1, 0.15) is 27.7 Å². The fourth-order valence-corrected chi connectivity index (χ4v) is 3.26. The lowest BCUT2D eigenvalue weighted by Gasteiger charge is -2.04. The van der Waals surface area contributed by atoms with E-state index in [1.54, 1.807) is 25.1 Å². The molecular formula is C20H17FN4O5. The number of carbonyl (C=O) groups excluding carboxylic acids is 3. The van der Waals surface area contributed by atoms with Gasteiger partial charge in [0.1, 0.15) is 11.5 Å². The second kappa shape index (κ2) is 7.47. The highest BCUT2D eigenvalue weighted by molar-refractivity contribution is 6.04. The number of imide groups is 1. The molecule has 1 saturated heterocycles. The Kier molecular flexibility index (Phi) is 4.82. The Morgan fingerprint density at radius 2 is 2.03 bits per heavy atom. The number of methoxy groups -OCH3 is 1. The summed E-state index contributed by atoms with van der Waals surface area (Å²) in [5.41, 5.74) is 1.86. The van der Waals surface area contributed by atoms with Gasteiger partial charge in [0.15, 0.2) is 17.4 Å². The zero-order valence-electron chi connectivity index (χ0n) is 16.1. The largest absolute Gasteiger partial charge is 0.497 e. The van der Waals surface area contributed by atoms with E-state index in [0.29, 0.717) is 11.9 Å². The molecule has 0 bridgehead atoms. The van der Waals surface area contributed by atoms with E-state index in [4.69, 9.17) is 9.15 Å². The Morgan fingerprint density at radius 1 is 1.23 bits per heavy atom. The number of urea groups is 1. The van der Waals surface area contributed by atoms with Gasteiger partial charge in [0, 0.05) is 30.7 Å². The van der Waals surface area contributed by atoms with Gasteiger partial charge in [-0.3, -0.25) is 19.9 Å². The summed E-state index contributed by atoms with van der Waals surface area (Å²) >= 11 is 0. The van der Waals surface area contributed by atoms with E-state index in [1.165, 1.54) is 12.3 Å². The third kappa shape index (κ3) is 3.43. The van der Waals surface area contributed by atoms with Gasteiger partial charge in [-0.15, -0.1) is 0 Å². The topological polar surface area (TPSA) is 114 Å². The number of hydrogen-bond acceptors (Lipinski definition) is 6. The summed E-state index contributed by atoms with van der Waals surface area (Å²) in [6.07, 6.45) is 2.43. The molecule has 5 rings (SSSR count). The predicted molar refractivity (Wildman–Crippen MR) is 102 cm³/mol. The van der Waals surface area contributed by atoms with Crippen molar-refractivity contribution in [3.05, 3.63) is 59.4 Å². The molecule has 2 N–H and O–H groups in total. The van der Waals surface area contributed by atoms with Crippen molar-refractivity contribution in [3.63, 3.8) is 0 Å². The highest BCUT2D eigenvalue weighted by Crippen LogP contribution is 2.27. The summed E-state index contributed by atoms with van der Waals surface area (Å²) in [5.74, 6) is -0.146. The second-order valence-electron chi connectivity index (χ2n) is 6.77. The van der Waals surface area contributed by atoms with Gasteiger partial charge in [0.25, 0.3) is 11.8 Å². The van der Waals surface area contributed by atoms with Crippen molar-refractivity contribution in [2.45, 2.75) is 12.6 Å². The van der Waals surface area contributed by atoms with Crippen molar-refractivity contribution < 1.29 is 27.9 Å². The molecule has 0 spiro atoms. The van der Waals surface area contributed by atoms with Gasteiger partial charge >= 0.3 is 6.03 Å². The number of benzene rings is 1. The number of pyridine rings is 1. The van der Waals surface area contributed by atoms with Crippen LogP contribution >= 0.6 is 0 Å². The highest BCUT2D eigenvalue weighted by atomic mass is 19.1. The number of aromatic nitrogens is 1. The average molecular weight is 412 g/mol. The van der Waals surface area contributed by atoms with Crippen molar-refractivity contribution in [1.82, 2.24) is 20.5 Å². The van der Waals surface area contributed by atoms with Crippen molar-refractivity contribution in [1.29, 1.82) is 0 Å². The minimum atomic E-state index is -0.922. The fraction of sp³-hybridized carbons (Fsp3) is 0.200. The molecule has 2 aromatic heterocycles. The van der Waals surface area contributed by atoms with Gasteiger partial charge in [-0.25, -0.2) is 9.18 Å². The molecule has 1 fully saturated rings. The molecule has 4 heterocycles.